The third-order valence-electron chi connectivity index (χ3n) is 2.22. The van der Waals surface area contributed by atoms with Crippen molar-refractivity contribution in [3.63, 3.8) is 0 Å². The van der Waals surface area contributed by atoms with Crippen molar-refractivity contribution in [3.05, 3.63) is 29.5 Å². The first-order chi connectivity index (χ1) is 7.54. The van der Waals surface area contributed by atoms with Gasteiger partial charge in [-0.25, -0.2) is 9.18 Å². The molecule has 0 amide bonds. The molecular formula is C10H7F2NO3. The molecule has 0 aliphatic heterocycles. The summed E-state index contributed by atoms with van der Waals surface area (Å²) >= 11 is 0. The van der Waals surface area contributed by atoms with Gasteiger partial charge in [0.05, 0.1) is 12.6 Å². The first-order valence-corrected chi connectivity index (χ1v) is 4.32. The summed E-state index contributed by atoms with van der Waals surface area (Å²) in [4.78, 5) is 13.1. The van der Waals surface area contributed by atoms with Gasteiger partial charge in [0.15, 0.2) is 11.6 Å². The van der Waals surface area contributed by atoms with E-state index in [9.17, 15) is 13.6 Å². The van der Waals surface area contributed by atoms with E-state index in [1.165, 1.54) is 13.2 Å². The molecule has 0 aliphatic rings. The number of ether oxygens (including phenoxy) is 1. The average molecular weight is 227 g/mol. The average Bonchev–Trinajstić information content (AvgIpc) is 2.67. The monoisotopic (exact) mass is 227 g/mol. The molecule has 0 bridgehead atoms. The molecule has 4 nitrogen and oxygen atoms in total. The van der Waals surface area contributed by atoms with E-state index >= 15 is 0 Å². The van der Waals surface area contributed by atoms with E-state index in [4.69, 9.17) is 5.11 Å². The maximum atomic E-state index is 13.5. The first kappa shape index (κ1) is 10.4. The van der Waals surface area contributed by atoms with Crippen molar-refractivity contribution in [1.29, 1.82) is 0 Å². The van der Waals surface area contributed by atoms with E-state index in [2.05, 4.69) is 9.72 Å². The fraction of sp³-hybridized carbons (Fsp3) is 0.100. The number of benzene rings is 1. The minimum atomic E-state index is -1.24. The van der Waals surface area contributed by atoms with Crippen molar-refractivity contribution < 1.29 is 23.4 Å². The molecule has 0 atom stereocenters. The highest BCUT2D eigenvalue weighted by Gasteiger charge is 2.17. The number of rotatable bonds is 2. The number of carboxylic acids is 1. The highest BCUT2D eigenvalue weighted by molar-refractivity contribution is 5.94. The fourth-order valence-corrected chi connectivity index (χ4v) is 1.45. The van der Waals surface area contributed by atoms with Crippen LogP contribution in [-0.4, -0.2) is 23.2 Å². The summed E-state index contributed by atoms with van der Waals surface area (Å²) in [5.74, 6) is -3.78. The summed E-state index contributed by atoms with van der Waals surface area (Å²) in [5.41, 5.74) is -0.0327. The Morgan fingerprint density at radius 3 is 2.62 bits per heavy atom. The zero-order chi connectivity index (χ0) is 11.9. The fourth-order valence-electron chi connectivity index (χ4n) is 1.45. The number of H-pyrrole nitrogens is 1. The Balaban J connectivity index is 2.77. The van der Waals surface area contributed by atoms with E-state index in [0.29, 0.717) is 0 Å². The Morgan fingerprint density at radius 2 is 2.06 bits per heavy atom. The Hall–Kier alpha value is -2.11. The predicted molar refractivity (Wildman–Crippen MR) is 51.7 cm³/mol. The number of aromatic nitrogens is 1. The van der Waals surface area contributed by atoms with Gasteiger partial charge in [0.1, 0.15) is 5.69 Å². The molecule has 1 heterocycles. The molecule has 0 fully saturated rings. The maximum absolute atomic E-state index is 13.5. The molecule has 1 aromatic carbocycles. The number of aromatic carboxylic acids is 1. The van der Waals surface area contributed by atoms with Crippen LogP contribution in [0.2, 0.25) is 0 Å². The van der Waals surface area contributed by atoms with E-state index in [0.717, 1.165) is 6.07 Å². The van der Waals surface area contributed by atoms with Crippen molar-refractivity contribution in [3.8, 4) is 5.75 Å². The number of halogens is 2. The lowest BCUT2D eigenvalue weighted by atomic mass is 10.2. The lowest BCUT2D eigenvalue weighted by Crippen LogP contribution is -1.94. The summed E-state index contributed by atoms with van der Waals surface area (Å²) in [7, 11) is 1.20. The second-order valence-electron chi connectivity index (χ2n) is 3.16. The van der Waals surface area contributed by atoms with Crippen LogP contribution in [-0.2, 0) is 0 Å². The zero-order valence-corrected chi connectivity index (χ0v) is 8.17. The Kier molecular flexibility index (Phi) is 2.26. The minimum Gasteiger partial charge on any atom is -0.493 e. The number of hydrogen-bond acceptors (Lipinski definition) is 2. The number of carboxylic acid groups (broad SMARTS) is 1. The van der Waals surface area contributed by atoms with Gasteiger partial charge >= 0.3 is 5.97 Å². The second-order valence-corrected chi connectivity index (χ2v) is 3.16. The summed E-state index contributed by atoms with van der Waals surface area (Å²) in [6.07, 6.45) is 0. The molecule has 1 aromatic heterocycles. The molecule has 2 N–H and O–H groups in total. The molecule has 2 rings (SSSR count). The van der Waals surface area contributed by atoms with Crippen LogP contribution in [0.15, 0.2) is 12.1 Å². The Bertz CT molecular complexity index is 577. The molecule has 0 saturated heterocycles. The van der Waals surface area contributed by atoms with Gasteiger partial charge in [-0.2, -0.15) is 4.39 Å². The highest BCUT2D eigenvalue weighted by Crippen LogP contribution is 2.28. The standard InChI is InChI=1S/C10H7F2NO3/c1-16-7-3-5-4(8(11)9(7)12)2-6(13-5)10(14)15/h2-3,13H,1H3,(H,14,15). The van der Waals surface area contributed by atoms with Crippen LogP contribution in [0.4, 0.5) is 8.78 Å². The van der Waals surface area contributed by atoms with Gasteiger partial charge < -0.3 is 14.8 Å². The van der Waals surface area contributed by atoms with Crippen molar-refractivity contribution in [2.45, 2.75) is 0 Å². The lowest BCUT2D eigenvalue weighted by molar-refractivity contribution is 0.0691. The molecule has 6 heteroatoms. The van der Waals surface area contributed by atoms with E-state index < -0.39 is 17.6 Å². The van der Waals surface area contributed by atoms with Gasteiger partial charge in [-0.05, 0) is 6.07 Å². The van der Waals surface area contributed by atoms with Crippen LogP contribution < -0.4 is 4.74 Å². The van der Waals surface area contributed by atoms with E-state index in [1.54, 1.807) is 0 Å². The second kappa shape index (κ2) is 3.48. The molecule has 16 heavy (non-hydrogen) atoms. The van der Waals surface area contributed by atoms with Crippen LogP contribution >= 0.6 is 0 Å². The van der Waals surface area contributed by atoms with Crippen LogP contribution in [0.3, 0.4) is 0 Å². The molecule has 0 spiro atoms. The van der Waals surface area contributed by atoms with Crippen molar-refractivity contribution >= 4 is 16.9 Å². The number of fused-ring (bicyclic) bond motifs is 1. The van der Waals surface area contributed by atoms with Crippen molar-refractivity contribution in [2.75, 3.05) is 7.11 Å². The predicted octanol–water partition coefficient (Wildman–Crippen LogP) is 2.15. The van der Waals surface area contributed by atoms with Crippen molar-refractivity contribution in [1.82, 2.24) is 4.98 Å². The molecule has 84 valence electrons. The third-order valence-corrected chi connectivity index (χ3v) is 2.22. The third kappa shape index (κ3) is 1.39. The van der Waals surface area contributed by atoms with Crippen LogP contribution in [0.1, 0.15) is 10.5 Å². The molecule has 0 saturated carbocycles. The van der Waals surface area contributed by atoms with Gasteiger partial charge in [0.25, 0.3) is 0 Å². The summed E-state index contributed by atoms with van der Waals surface area (Å²) in [6.45, 7) is 0. The van der Waals surface area contributed by atoms with Crippen molar-refractivity contribution in [2.24, 2.45) is 0 Å². The normalized spacial score (nSPS) is 10.7. The number of aromatic amines is 1. The quantitative estimate of drug-likeness (QED) is 0.826. The summed E-state index contributed by atoms with van der Waals surface area (Å²) in [5, 5.41) is 8.58. The Morgan fingerprint density at radius 1 is 1.38 bits per heavy atom. The Labute approximate surface area is 88.5 Å². The van der Waals surface area contributed by atoms with Gasteiger partial charge in [-0.3, -0.25) is 0 Å². The van der Waals surface area contributed by atoms with E-state index in [1.807, 2.05) is 0 Å². The van der Waals surface area contributed by atoms with Gasteiger partial charge in [-0.15, -0.1) is 0 Å². The largest absolute Gasteiger partial charge is 0.493 e. The molecule has 0 radical (unpaired) electrons. The summed E-state index contributed by atoms with van der Waals surface area (Å²) < 4.78 is 31.4. The van der Waals surface area contributed by atoms with Gasteiger partial charge in [0.2, 0.25) is 5.82 Å². The number of hydrogen-bond donors (Lipinski definition) is 2. The van der Waals surface area contributed by atoms with Crippen LogP contribution in [0, 0.1) is 11.6 Å². The lowest BCUT2D eigenvalue weighted by Gasteiger charge is -2.02. The number of carbonyl (C=O) groups is 1. The summed E-state index contributed by atoms with van der Waals surface area (Å²) in [6, 6.07) is 2.25. The smallest absolute Gasteiger partial charge is 0.352 e. The first-order valence-electron chi connectivity index (χ1n) is 4.32. The molecular weight excluding hydrogens is 220 g/mol. The molecule has 0 unspecified atom stereocenters. The van der Waals surface area contributed by atoms with E-state index in [-0.39, 0.29) is 22.3 Å². The topological polar surface area (TPSA) is 62.3 Å². The van der Waals surface area contributed by atoms with Crippen LogP contribution in [0.25, 0.3) is 10.9 Å². The van der Waals surface area contributed by atoms with Gasteiger partial charge in [0, 0.05) is 11.5 Å². The molecule has 0 aliphatic carbocycles. The highest BCUT2D eigenvalue weighted by atomic mass is 19.2. The minimum absolute atomic E-state index is 0.115. The SMILES string of the molecule is COc1cc2[nH]c(C(=O)O)cc2c(F)c1F. The zero-order valence-electron chi connectivity index (χ0n) is 8.17. The molecule has 2 aromatic rings. The van der Waals surface area contributed by atoms with Gasteiger partial charge in [-0.1, -0.05) is 0 Å². The number of nitrogens with one attached hydrogen (secondary N) is 1. The number of methoxy groups -OCH3 is 1. The maximum Gasteiger partial charge on any atom is 0.352 e. The van der Waals surface area contributed by atoms with Crippen LogP contribution in [0.5, 0.6) is 5.75 Å².